The molecule has 0 bridgehead atoms. The van der Waals surface area contributed by atoms with Crippen molar-refractivity contribution in [2.75, 3.05) is 20.2 Å². The van der Waals surface area contributed by atoms with Gasteiger partial charge in [0.05, 0.1) is 24.7 Å². The fourth-order valence-electron chi connectivity index (χ4n) is 1.99. The van der Waals surface area contributed by atoms with Gasteiger partial charge in [0.1, 0.15) is 5.75 Å². The molecule has 0 amide bonds. The zero-order valence-corrected chi connectivity index (χ0v) is 12.0. The molecule has 5 heteroatoms. The minimum atomic E-state index is -0.928. The highest BCUT2D eigenvalue weighted by Crippen LogP contribution is 2.12. The van der Waals surface area contributed by atoms with Crippen molar-refractivity contribution in [1.82, 2.24) is 4.90 Å². The summed E-state index contributed by atoms with van der Waals surface area (Å²) in [5.74, 6) is -0.236. The number of ether oxygens (including phenoxy) is 1. The topological polar surface area (TPSA) is 62.9 Å². The highest BCUT2D eigenvalue weighted by atomic mass is 16.5. The van der Waals surface area contributed by atoms with Crippen LogP contribution in [-0.4, -0.2) is 36.2 Å². The summed E-state index contributed by atoms with van der Waals surface area (Å²) >= 11 is 0. The zero-order chi connectivity index (χ0) is 15.1. The first-order chi connectivity index (χ1) is 10.1. The van der Waals surface area contributed by atoms with Gasteiger partial charge in [0, 0.05) is 18.7 Å². The van der Waals surface area contributed by atoms with Crippen molar-refractivity contribution < 1.29 is 19.1 Å². The first-order valence-corrected chi connectivity index (χ1v) is 6.81. The van der Waals surface area contributed by atoms with E-state index in [0.29, 0.717) is 12.4 Å². The van der Waals surface area contributed by atoms with Crippen LogP contribution in [0.15, 0.2) is 47.3 Å². The molecule has 0 atom stereocenters. The monoisotopic (exact) mass is 289 g/mol. The van der Waals surface area contributed by atoms with Gasteiger partial charge in [-0.3, -0.25) is 0 Å². The van der Waals surface area contributed by atoms with Crippen molar-refractivity contribution in [3.8, 4) is 5.75 Å². The predicted molar refractivity (Wildman–Crippen MR) is 78.6 cm³/mol. The van der Waals surface area contributed by atoms with Crippen LogP contribution < -0.4 is 4.74 Å². The molecule has 1 aromatic heterocycles. The quantitative estimate of drug-likeness (QED) is 0.757. The van der Waals surface area contributed by atoms with Crippen LogP contribution in [-0.2, 0) is 6.54 Å². The Morgan fingerprint density at radius 2 is 2.05 bits per heavy atom. The molecule has 0 saturated carbocycles. The molecule has 1 N–H and O–H groups in total. The third-order valence-corrected chi connectivity index (χ3v) is 3.09. The summed E-state index contributed by atoms with van der Waals surface area (Å²) in [6.45, 7) is 2.37. The van der Waals surface area contributed by atoms with Crippen LogP contribution >= 0.6 is 0 Å². The third-order valence-electron chi connectivity index (χ3n) is 3.09. The minimum Gasteiger partial charge on any atom is -0.494 e. The fourth-order valence-corrected chi connectivity index (χ4v) is 1.99. The number of aromatic carboxylic acids is 1. The summed E-state index contributed by atoms with van der Waals surface area (Å²) in [6, 6.07) is 8.40. The van der Waals surface area contributed by atoms with E-state index in [0.717, 1.165) is 25.1 Å². The Balaban J connectivity index is 1.66. The van der Waals surface area contributed by atoms with E-state index in [1.807, 2.05) is 6.07 Å². The molecular weight excluding hydrogens is 270 g/mol. The Kier molecular flexibility index (Phi) is 5.40. The Morgan fingerprint density at radius 3 is 2.67 bits per heavy atom. The van der Waals surface area contributed by atoms with Crippen LogP contribution in [0.4, 0.5) is 0 Å². The number of carbonyl (C=O) groups is 1. The molecule has 0 aliphatic heterocycles. The predicted octanol–water partition coefficient (Wildman–Crippen LogP) is 2.88. The van der Waals surface area contributed by atoms with E-state index in [-0.39, 0.29) is 5.56 Å². The van der Waals surface area contributed by atoms with E-state index in [4.69, 9.17) is 14.3 Å². The molecule has 0 aliphatic carbocycles. The number of furan rings is 1. The van der Waals surface area contributed by atoms with Gasteiger partial charge in [-0.15, -0.1) is 0 Å². The lowest BCUT2D eigenvalue weighted by Crippen LogP contribution is -2.20. The molecular formula is C16H19NO4. The lowest BCUT2D eigenvalue weighted by Gasteiger charge is -2.15. The summed E-state index contributed by atoms with van der Waals surface area (Å²) in [5, 5.41) is 8.80. The largest absolute Gasteiger partial charge is 0.494 e. The Hall–Kier alpha value is -2.27. The molecule has 0 spiro atoms. The number of benzene rings is 1. The van der Waals surface area contributed by atoms with Crippen LogP contribution in [0.3, 0.4) is 0 Å². The van der Waals surface area contributed by atoms with Crippen molar-refractivity contribution in [3.05, 3.63) is 54.0 Å². The van der Waals surface area contributed by atoms with Crippen LogP contribution in [0, 0.1) is 0 Å². The molecule has 1 aromatic carbocycles. The molecule has 2 rings (SSSR count). The van der Waals surface area contributed by atoms with Crippen molar-refractivity contribution >= 4 is 5.97 Å². The van der Waals surface area contributed by atoms with Crippen molar-refractivity contribution in [2.24, 2.45) is 0 Å². The minimum absolute atomic E-state index is 0.266. The highest BCUT2D eigenvalue weighted by molar-refractivity contribution is 5.87. The number of hydrogen-bond donors (Lipinski definition) is 1. The highest BCUT2D eigenvalue weighted by Gasteiger charge is 2.03. The molecule has 0 radical (unpaired) electrons. The number of carboxylic acids is 1. The van der Waals surface area contributed by atoms with Crippen LogP contribution in [0.2, 0.25) is 0 Å². The second-order valence-electron chi connectivity index (χ2n) is 4.90. The molecule has 0 aliphatic rings. The van der Waals surface area contributed by atoms with Crippen LogP contribution in [0.25, 0.3) is 0 Å². The van der Waals surface area contributed by atoms with Gasteiger partial charge < -0.3 is 19.2 Å². The van der Waals surface area contributed by atoms with E-state index in [1.54, 1.807) is 36.8 Å². The van der Waals surface area contributed by atoms with E-state index >= 15 is 0 Å². The summed E-state index contributed by atoms with van der Waals surface area (Å²) in [5.41, 5.74) is 1.42. The molecule has 112 valence electrons. The Bertz CT molecular complexity index is 548. The molecule has 2 aromatic rings. The van der Waals surface area contributed by atoms with E-state index < -0.39 is 5.97 Å². The molecule has 0 saturated heterocycles. The number of hydrogen-bond acceptors (Lipinski definition) is 4. The first kappa shape index (κ1) is 15.1. The van der Waals surface area contributed by atoms with Gasteiger partial charge in [0.2, 0.25) is 0 Å². The average molecular weight is 289 g/mol. The normalized spacial score (nSPS) is 10.8. The zero-order valence-electron chi connectivity index (χ0n) is 12.0. The van der Waals surface area contributed by atoms with Gasteiger partial charge in [-0.25, -0.2) is 4.79 Å². The molecule has 0 fully saturated rings. The Labute approximate surface area is 123 Å². The third kappa shape index (κ3) is 4.96. The molecule has 1 heterocycles. The van der Waals surface area contributed by atoms with Crippen LogP contribution in [0.5, 0.6) is 5.75 Å². The lowest BCUT2D eigenvalue weighted by molar-refractivity contribution is 0.0697. The summed E-state index contributed by atoms with van der Waals surface area (Å²) < 4.78 is 10.6. The van der Waals surface area contributed by atoms with Crippen molar-refractivity contribution in [2.45, 2.75) is 13.0 Å². The second-order valence-corrected chi connectivity index (χ2v) is 4.90. The summed E-state index contributed by atoms with van der Waals surface area (Å²) in [6.07, 6.45) is 4.32. The number of rotatable bonds is 8. The number of carboxylic acid groups (broad SMARTS) is 1. The SMILES string of the molecule is CN(CCCOc1ccc(C(=O)O)cc1)Cc1ccoc1. The molecule has 21 heavy (non-hydrogen) atoms. The van der Waals surface area contributed by atoms with E-state index in [1.165, 1.54) is 0 Å². The number of nitrogens with zero attached hydrogens (tertiary/aromatic N) is 1. The first-order valence-electron chi connectivity index (χ1n) is 6.81. The Morgan fingerprint density at radius 1 is 1.29 bits per heavy atom. The summed E-state index contributed by atoms with van der Waals surface area (Å²) in [4.78, 5) is 12.9. The summed E-state index contributed by atoms with van der Waals surface area (Å²) in [7, 11) is 2.05. The van der Waals surface area contributed by atoms with E-state index in [9.17, 15) is 4.79 Å². The molecule has 5 nitrogen and oxygen atoms in total. The van der Waals surface area contributed by atoms with Gasteiger partial charge in [-0.1, -0.05) is 0 Å². The van der Waals surface area contributed by atoms with Gasteiger partial charge in [0.25, 0.3) is 0 Å². The smallest absolute Gasteiger partial charge is 0.335 e. The van der Waals surface area contributed by atoms with Gasteiger partial charge in [-0.2, -0.15) is 0 Å². The standard InChI is InChI=1S/C16H19NO4/c1-17(11-13-7-10-20-12-13)8-2-9-21-15-5-3-14(4-6-15)16(18)19/h3-7,10,12H,2,8-9,11H2,1H3,(H,18,19). The van der Waals surface area contributed by atoms with E-state index in [2.05, 4.69) is 11.9 Å². The van der Waals surface area contributed by atoms with Gasteiger partial charge in [-0.05, 0) is 43.8 Å². The van der Waals surface area contributed by atoms with Crippen molar-refractivity contribution in [3.63, 3.8) is 0 Å². The fraction of sp³-hybridized carbons (Fsp3) is 0.312. The van der Waals surface area contributed by atoms with Crippen LogP contribution in [0.1, 0.15) is 22.3 Å². The maximum Gasteiger partial charge on any atom is 0.335 e. The second kappa shape index (κ2) is 7.50. The lowest BCUT2D eigenvalue weighted by atomic mass is 10.2. The van der Waals surface area contributed by atoms with Gasteiger partial charge in [0.15, 0.2) is 0 Å². The maximum absolute atomic E-state index is 10.7. The molecule has 0 unspecified atom stereocenters. The van der Waals surface area contributed by atoms with Crippen molar-refractivity contribution in [1.29, 1.82) is 0 Å². The van der Waals surface area contributed by atoms with Gasteiger partial charge >= 0.3 is 5.97 Å². The average Bonchev–Trinajstić information content (AvgIpc) is 2.97. The maximum atomic E-state index is 10.7.